The minimum absolute atomic E-state index is 0.149. The molecule has 0 atom stereocenters. The van der Waals surface area contributed by atoms with E-state index in [2.05, 4.69) is 48.2 Å². The maximum atomic E-state index is 4.94. The van der Waals surface area contributed by atoms with Gasteiger partial charge in [0.25, 0.3) is 0 Å². The van der Waals surface area contributed by atoms with Gasteiger partial charge in [-0.25, -0.2) is 14.6 Å². The van der Waals surface area contributed by atoms with Crippen molar-refractivity contribution in [3.63, 3.8) is 0 Å². The molecule has 0 radical (unpaired) electrons. The molecule has 1 fully saturated rings. The summed E-state index contributed by atoms with van der Waals surface area (Å²) in [6, 6.07) is 10.8. The molecule has 1 aliphatic carbocycles. The van der Waals surface area contributed by atoms with Crippen LogP contribution in [0.3, 0.4) is 0 Å². The maximum Gasteiger partial charge on any atom is 0.164 e. The number of nitrogens with one attached hydrogen (secondary N) is 1. The van der Waals surface area contributed by atoms with E-state index in [-0.39, 0.29) is 5.54 Å². The lowest BCUT2D eigenvalue weighted by atomic mass is 10.1. The first-order chi connectivity index (χ1) is 12.0. The fourth-order valence-corrected chi connectivity index (χ4v) is 3.59. The molecule has 5 heteroatoms. The summed E-state index contributed by atoms with van der Waals surface area (Å²) >= 11 is 0. The average Bonchev–Trinajstić information content (AvgIpc) is 3.23. The van der Waals surface area contributed by atoms with Crippen molar-refractivity contribution in [1.82, 2.24) is 19.7 Å². The predicted octanol–water partition coefficient (Wildman–Crippen LogP) is 4.60. The molecular formula is C20H25N5. The highest BCUT2D eigenvalue weighted by molar-refractivity contribution is 5.99. The predicted molar refractivity (Wildman–Crippen MR) is 102 cm³/mol. The van der Waals surface area contributed by atoms with E-state index in [0.717, 1.165) is 28.1 Å². The number of fused-ring (bicyclic) bond motifs is 1. The second-order valence-electron chi connectivity index (χ2n) is 7.84. The van der Waals surface area contributed by atoms with Crippen molar-refractivity contribution in [2.75, 3.05) is 5.32 Å². The first-order valence-corrected chi connectivity index (χ1v) is 9.10. The van der Waals surface area contributed by atoms with Crippen LogP contribution >= 0.6 is 0 Å². The normalized spacial score (nSPS) is 15.8. The van der Waals surface area contributed by atoms with Crippen LogP contribution in [0.1, 0.15) is 46.5 Å². The molecule has 3 aromatic rings. The zero-order valence-corrected chi connectivity index (χ0v) is 15.2. The van der Waals surface area contributed by atoms with Gasteiger partial charge in [0, 0.05) is 11.6 Å². The third kappa shape index (κ3) is 2.99. The van der Waals surface area contributed by atoms with Crippen LogP contribution in [0.2, 0.25) is 0 Å². The molecule has 2 aromatic heterocycles. The van der Waals surface area contributed by atoms with E-state index in [4.69, 9.17) is 5.10 Å². The molecule has 0 amide bonds. The summed E-state index contributed by atoms with van der Waals surface area (Å²) in [5, 5.41) is 9.62. The Hall–Kier alpha value is -2.43. The summed E-state index contributed by atoms with van der Waals surface area (Å²) in [4.78, 5) is 9.15. The summed E-state index contributed by atoms with van der Waals surface area (Å²) in [6.45, 7) is 6.46. The Morgan fingerprint density at radius 3 is 2.44 bits per heavy atom. The molecule has 130 valence electrons. The second-order valence-corrected chi connectivity index (χ2v) is 7.84. The van der Waals surface area contributed by atoms with Gasteiger partial charge in [-0.1, -0.05) is 43.2 Å². The van der Waals surface area contributed by atoms with E-state index in [1.54, 1.807) is 6.33 Å². The number of anilines is 1. The Morgan fingerprint density at radius 1 is 1.04 bits per heavy atom. The topological polar surface area (TPSA) is 55.6 Å². The fraction of sp³-hybridized carbons (Fsp3) is 0.450. The first-order valence-electron chi connectivity index (χ1n) is 9.10. The Morgan fingerprint density at radius 2 is 1.76 bits per heavy atom. The van der Waals surface area contributed by atoms with Crippen LogP contribution in [-0.4, -0.2) is 25.8 Å². The maximum absolute atomic E-state index is 4.94. The smallest absolute Gasteiger partial charge is 0.164 e. The molecule has 1 saturated carbocycles. The second kappa shape index (κ2) is 6.14. The highest BCUT2D eigenvalue weighted by Crippen LogP contribution is 2.35. The summed E-state index contributed by atoms with van der Waals surface area (Å²) in [6.07, 6.45) is 6.65. The SMILES string of the molecule is CC(C)(C)n1nc(-c2ccccc2)c2c(NC3CCCC3)ncnc21. The minimum Gasteiger partial charge on any atom is -0.367 e. The van der Waals surface area contributed by atoms with E-state index < -0.39 is 0 Å². The number of rotatable bonds is 3. The molecule has 0 bridgehead atoms. The van der Waals surface area contributed by atoms with Crippen LogP contribution < -0.4 is 5.32 Å². The van der Waals surface area contributed by atoms with Crippen molar-refractivity contribution in [2.24, 2.45) is 0 Å². The van der Waals surface area contributed by atoms with Gasteiger partial charge in [-0.3, -0.25) is 0 Å². The zero-order valence-electron chi connectivity index (χ0n) is 15.2. The van der Waals surface area contributed by atoms with Gasteiger partial charge in [-0.15, -0.1) is 0 Å². The number of hydrogen-bond donors (Lipinski definition) is 1. The Bertz CT molecular complexity index is 870. The van der Waals surface area contributed by atoms with E-state index in [1.165, 1.54) is 25.7 Å². The van der Waals surface area contributed by atoms with Crippen LogP contribution in [-0.2, 0) is 5.54 Å². The molecule has 0 aliphatic heterocycles. The number of benzene rings is 1. The quantitative estimate of drug-likeness (QED) is 0.760. The van der Waals surface area contributed by atoms with Crippen molar-refractivity contribution in [3.8, 4) is 11.3 Å². The lowest BCUT2D eigenvalue weighted by molar-refractivity contribution is 0.367. The third-order valence-corrected chi connectivity index (χ3v) is 4.84. The molecule has 5 nitrogen and oxygen atoms in total. The van der Waals surface area contributed by atoms with Crippen molar-refractivity contribution in [2.45, 2.75) is 58.0 Å². The molecule has 0 unspecified atom stereocenters. The van der Waals surface area contributed by atoms with E-state index in [0.29, 0.717) is 6.04 Å². The van der Waals surface area contributed by atoms with Crippen LogP contribution in [0.4, 0.5) is 5.82 Å². The molecule has 0 spiro atoms. The first kappa shape index (κ1) is 16.1. The monoisotopic (exact) mass is 335 g/mol. The number of hydrogen-bond acceptors (Lipinski definition) is 4. The molecule has 1 N–H and O–H groups in total. The molecule has 2 heterocycles. The molecule has 4 rings (SSSR count). The standard InChI is InChI=1S/C20H25N5/c1-20(2,3)25-19-16(17(24-25)14-9-5-4-6-10-14)18(21-13-22-19)23-15-11-7-8-12-15/h4-6,9-10,13,15H,7-8,11-12H2,1-3H3,(H,21,22,23). The summed E-state index contributed by atoms with van der Waals surface area (Å²) in [7, 11) is 0. The van der Waals surface area contributed by atoms with E-state index in [9.17, 15) is 0 Å². The lowest BCUT2D eigenvalue weighted by Gasteiger charge is -2.20. The minimum atomic E-state index is -0.149. The van der Waals surface area contributed by atoms with Crippen LogP contribution in [0, 0.1) is 0 Å². The third-order valence-electron chi connectivity index (χ3n) is 4.84. The average molecular weight is 335 g/mol. The zero-order chi connectivity index (χ0) is 17.4. The summed E-state index contributed by atoms with van der Waals surface area (Å²) in [5.41, 5.74) is 2.79. The largest absolute Gasteiger partial charge is 0.367 e. The Kier molecular flexibility index (Phi) is 3.94. The van der Waals surface area contributed by atoms with Crippen LogP contribution in [0.5, 0.6) is 0 Å². The van der Waals surface area contributed by atoms with Gasteiger partial charge in [0.15, 0.2) is 5.65 Å². The lowest BCUT2D eigenvalue weighted by Crippen LogP contribution is -2.23. The molecule has 0 saturated heterocycles. The van der Waals surface area contributed by atoms with Crippen molar-refractivity contribution in [3.05, 3.63) is 36.7 Å². The van der Waals surface area contributed by atoms with E-state index >= 15 is 0 Å². The van der Waals surface area contributed by atoms with Gasteiger partial charge < -0.3 is 5.32 Å². The molecule has 25 heavy (non-hydrogen) atoms. The fourth-order valence-electron chi connectivity index (χ4n) is 3.59. The van der Waals surface area contributed by atoms with Crippen LogP contribution in [0.25, 0.3) is 22.3 Å². The Labute approximate surface area is 148 Å². The van der Waals surface area contributed by atoms with Gasteiger partial charge in [-0.2, -0.15) is 5.10 Å². The Balaban J connectivity index is 1.92. The summed E-state index contributed by atoms with van der Waals surface area (Å²) < 4.78 is 2.02. The number of aromatic nitrogens is 4. The van der Waals surface area contributed by atoms with Gasteiger partial charge in [-0.05, 0) is 33.6 Å². The van der Waals surface area contributed by atoms with Gasteiger partial charge in [0.2, 0.25) is 0 Å². The summed E-state index contributed by atoms with van der Waals surface area (Å²) in [5.74, 6) is 0.909. The van der Waals surface area contributed by atoms with Crippen molar-refractivity contribution >= 4 is 16.9 Å². The van der Waals surface area contributed by atoms with Crippen molar-refractivity contribution < 1.29 is 0 Å². The highest BCUT2D eigenvalue weighted by atomic mass is 15.3. The highest BCUT2D eigenvalue weighted by Gasteiger charge is 2.25. The number of nitrogens with zero attached hydrogens (tertiary/aromatic N) is 4. The van der Waals surface area contributed by atoms with Gasteiger partial charge >= 0.3 is 0 Å². The molecular weight excluding hydrogens is 310 g/mol. The van der Waals surface area contributed by atoms with Crippen molar-refractivity contribution in [1.29, 1.82) is 0 Å². The van der Waals surface area contributed by atoms with Gasteiger partial charge in [0.05, 0.1) is 10.9 Å². The van der Waals surface area contributed by atoms with Crippen LogP contribution in [0.15, 0.2) is 36.7 Å². The molecule has 1 aliphatic rings. The molecule has 1 aromatic carbocycles. The van der Waals surface area contributed by atoms with E-state index in [1.807, 2.05) is 22.9 Å². The van der Waals surface area contributed by atoms with Gasteiger partial charge in [0.1, 0.15) is 17.8 Å².